The van der Waals surface area contributed by atoms with Gasteiger partial charge in [-0.1, -0.05) is 17.8 Å². The van der Waals surface area contributed by atoms with Crippen LogP contribution in [0.3, 0.4) is 0 Å². The highest BCUT2D eigenvalue weighted by atomic mass is 32.2. The van der Waals surface area contributed by atoms with Crippen LogP contribution in [0, 0.1) is 5.92 Å². The van der Waals surface area contributed by atoms with E-state index >= 15 is 0 Å². The molecule has 3 atom stereocenters. The lowest BCUT2D eigenvalue weighted by Gasteiger charge is -2.32. The van der Waals surface area contributed by atoms with Crippen molar-refractivity contribution in [3.05, 3.63) is 0 Å². The first-order chi connectivity index (χ1) is 9.66. The Balaban J connectivity index is 1.77. The number of hydrogen-bond donors (Lipinski definition) is 1. The van der Waals surface area contributed by atoms with Crippen LogP contribution in [-0.2, 0) is 23.7 Å². The summed E-state index contributed by atoms with van der Waals surface area (Å²) in [6.07, 6.45) is 4.23. The van der Waals surface area contributed by atoms with Crippen LogP contribution in [-0.4, -0.2) is 34.1 Å². The topological polar surface area (TPSA) is 84.9 Å². The number of nitrogens with one attached hydrogen (secondary N) is 1. The number of piperidine rings is 1. The normalized spacial score (nSPS) is 35.3. The number of hydroxylamine groups is 2. The first-order valence-corrected chi connectivity index (χ1v) is 7.64. The van der Waals surface area contributed by atoms with E-state index in [1.807, 2.05) is 0 Å². The predicted molar refractivity (Wildman–Crippen MR) is 68.5 cm³/mol. The Hall–Kier alpha value is -1.12. The number of imide groups is 1. The summed E-state index contributed by atoms with van der Waals surface area (Å²) < 4.78 is 5.03. The summed E-state index contributed by atoms with van der Waals surface area (Å²) in [5.74, 6) is -1.22. The predicted octanol–water partition coefficient (Wildman–Crippen LogP) is 0.704. The molecule has 2 saturated heterocycles. The number of fused-ring (bicyclic) bond motifs is 1. The van der Waals surface area contributed by atoms with Crippen molar-refractivity contribution in [2.24, 2.45) is 5.92 Å². The summed E-state index contributed by atoms with van der Waals surface area (Å²) in [6, 6.07) is -0.790. The second-order valence-corrected chi connectivity index (χ2v) is 6.23. The molecule has 8 heteroatoms. The third-order valence-electron chi connectivity index (χ3n) is 4.00. The monoisotopic (exact) mass is 300 g/mol. The maximum atomic E-state index is 12.5. The molecule has 1 N–H and O–H groups in total. The third-order valence-corrected chi connectivity index (χ3v) is 4.95. The number of rotatable bonds is 1. The molecule has 0 aromatic rings. The average Bonchev–Trinajstić information content (AvgIpc) is 2.59. The number of nitrogens with zero attached hydrogens (tertiary/aromatic N) is 1. The zero-order chi connectivity index (χ0) is 14.1. The fraction of sp³-hybridized carbons (Fsp3) is 0.750. The lowest BCUT2D eigenvalue weighted by Crippen LogP contribution is -2.55. The molecule has 3 fully saturated rings. The zero-order valence-electron chi connectivity index (χ0n) is 10.9. The van der Waals surface area contributed by atoms with Gasteiger partial charge in [0.25, 0.3) is 11.8 Å². The molecule has 0 aromatic carbocycles. The van der Waals surface area contributed by atoms with Gasteiger partial charge >= 0.3 is 0 Å². The lowest BCUT2D eigenvalue weighted by molar-refractivity contribution is -0.351. The van der Waals surface area contributed by atoms with Crippen molar-refractivity contribution < 1.29 is 23.7 Å². The molecule has 2 heterocycles. The molecule has 110 valence electrons. The van der Waals surface area contributed by atoms with Crippen LogP contribution < -0.4 is 5.32 Å². The molecule has 7 nitrogen and oxygen atoms in total. The highest BCUT2D eigenvalue weighted by Gasteiger charge is 2.44. The fourth-order valence-corrected chi connectivity index (χ4v) is 3.76. The quantitative estimate of drug-likeness (QED) is 0.436. The molecule has 0 bridgehead atoms. The lowest BCUT2D eigenvalue weighted by atomic mass is 9.87. The second-order valence-electron chi connectivity index (χ2n) is 5.30. The molecule has 1 aliphatic carbocycles. The van der Waals surface area contributed by atoms with Crippen molar-refractivity contribution in [1.82, 2.24) is 10.4 Å². The van der Waals surface area contributed by atoms with E-state index in [-0.39, 0.29) is 35.8 Å². The van der Waals surface area contributed by atoms with E-state index < -0.39 is 11.9 Å². The zero-order valence-corrected chi connectivity index (χ0v) is 11.7. The van der Waals surface area contributed by atoms with Crippen LogP contribution >= 0.6 is 12.0 Å². The van der Waals surface area contributed by atoms with Crippen molar-refractivity contribution in [2.75, 3.05) is 0 Å². The fourth-order valence-electron chi connectivity index (χ4n) is 2.91. The van der Waals surface area contributed by atoms with E-state index in [4.69, 9.17) is 9.32 Å². The summed E-state index contributed by atoms with van der Waals surface area (Å²) in [5, 5.41) is 3.32. The standard InChI is InChI=1S/C12H16N2O5S/c15-10-6-5-8(11(16)13-10)14-12(17)7-3-1-2-4-9(7)20-19-18-14/h7-9H,1-6H2,(H,13,15,16). The van der Waals surface area contributed by atoms with Crippen molar-refractivity contribution in [1.29, 1.82) is 0 Å². The molecule has 0 radical (unpaired) electrons. The molecular weight excluding hydrogens is 284 g/mol. The van der Waals surface area contributed by atoms with Gasteiger partial charge in [-0.05, 0) is 19.3 Å². The summed E-state index contributed by atoms with van der Waals surface area (Å²) >= 11 is 1.16. The maximum Gasteiger partial charge on any atom is 0.253 e. The van der Waals surface area contributed by atoms with Crippen LogP contribution in [0.5, 0.6) is 0 Å². The summed E-state index contributed by atoms with van der Waals surface area (Å²) in [7, 11) is 0. The highest BCUT2D eigenvalue weighted by molar-refractivity contribution is 7.95. The van der Waals surface area contributed by atoms with Gasteiger partial charge in [0, 0.05) is 23.7 Å². The largest absolute Gasteiger partial charge is 0.295 e. The van der Waals surface area contributed by atoms with E-state index in [0.29, 0.717) is 0 Å². The summed E-state index contributed by atoms with van der Waals surface area (Å²) in [5.41, 5.74) is 0. The smallest absolute Gasteiger partial charge is 0.253 e. The Morgan fingerprint density at radius 1 is 1.15 bits per heavy atom. The minimum atomic E-state index is -0.790. The molecule has 1 saturated carbocycles. The number of carbonyl (C=O) groups is 3. The first kappa shape index (κ1) is 13.8. The molecule has 3 amide bonds. The van der Waals surface area contributed by atoms with E-state index in [1.54, 1.807) is 0 Å². The Labute approximate surface area is 120 Å². The van der Waals surface area contributed by atoms with Gasteiger partial charge in [-0.2, -0.15) is 5.06 Å². The van der Waals surface area contributed by atoms with Gasteiger partial charge in [-0.25, -0.2) is 0 Å². The van der Waals surface area contributed by atoms with Gasteiger partial charge in [0.1, 0.15) is 6.04 Å². The third kappa shape index (κ3) is 2.55. The molecule has 3 rings (SSSR count). The molecule has 0 aromatic heterocycles. The SMILES string of the molecule is O=C1CCC(N2OOSC3CCCCC3C2=O)C(=O)N1. The summed E-state index contributed by atoms with van der Waals surface area (Å²) in [4.78, 5) is 40.6. The minimum absolute atomic E-state index is 0.0783. The van der Waals surface area contributed by atoms with Gasteiger partial charge in [0.05, 0.1) is 5.92 Å². The van der Waals surface area contributed by atoms with Crippen LogP contribution in [0.25, 0.3) is 0 Å². The van der Waals surface area contributed by atoms with E-state index in [9.17, 15) is 14.4 Å². The molecule has 3 unspecified atom stereocenters. The van der Waals surface area contributed by atoms with Gasteiger partial charge < -0.3 is 0 Å². The van der Waals surface area contributed by atoms with Gasteiger partial charge in [-0.3, -0.25) is 19.7 Å². The number of carbonyl (C=O) groups excluding carboxylic acids is 3. The molecule has 2 aliphatic heterocycles. The number of amides is 3. The molecular formula is C12H16N2O5S. The van der Waals surface area contributed by atoms with Crippen molar-refractivity contribution in [3.63, 3.8) is 0 Å². The molecule has 0 spiro atoms. The van der Waals surface area contributed by atoms with Gasteiger partial charge in [0.2, 0.25) is 5.91 Å². The average molecular weight is 300 g/mol. The van der Waals surface area contributed by atoms with Crippen molar-refractivity contribution in [2.45, 2.75) is 49.8 Å². The molecule has 3 aliphatic rings. The maximum absolute atomic E-state index is 12.5. The Bertz CT molecular complexity index is 444. The highest BCUT2D eigenvalue weighted by Crippen LogP contribution is 2.38. The Kier molecular flexibility index (Phi) is 3.95. The van der Waals surface area contributed by atoms with E-state index in [0.717, 1.165) is 42.8 Å². The van der Waals surface area contributed by atoms with Crippen molar-refractivity contribution >= 4 is 29.8 Å². The number of hydrogen-bond acceptors (Lipinski definition) is 6. The van der Waals surface area contributed by atoms with Crippen LogP contribution in [0.4, 0.5) is 0 Å². The van der Waals surface area contributed by atoms with E-state index in [2.05, 4.69) is 5.32 Å². The van der Waals surface area contributed by atoms with Gasteiger partial charge in [-0.15, -0.1) is 4.33 Å². The van der Waals surface area contributed by atoms with E-state index in [1.165, 1.54) is 0 Å². The Morgan fingerprint density at radius 2 is 1.95 bits per heavy atom. The minimum Gasteiger partial charge on any atom is -0.295 e. The van der Waals surface area contributed by atoms with Gasteiger partial charge in [0.15, 0.2) is 0 Å². The summed E-state index contributed by atoms with van der Waals surface area (Å²) in [6.45, 7) is 0. The van der Waals surface area contributed by atoms with Crippen LogP contribution in [0.15, 0.2) is 0 Å². The second kappa shape index (κ2) is 5.71. The Morgan fingerprint density at radius 3 is 2.75 bits per heavy atom. The first-order valence-electron chi connectivity index (χ1n) is 6.83. The van der Waals surface area contributed by atoms with Crippen LogP contribution in [0.1, 0.15) is 38.5 Å². The molecule has 20 heavy (non-hydrogen) atoms. The van der Waals surface area contributed by atoms with Crippen LogP contribution in [0.2, 0.25) is 0 Å². The van der Waals surface area contributed by atoms with Crippen molar-refractivity contribution in [3.8, 4) is 0 Å².